The van der Waals surface area contributed by atoms with Crippen molar-refractivity contribution in [3.05, 3.63) is 71.5 Å². The van der Waals surface area contributed by atoms with Crippen molar-refractivity contribution in [1.29, 1.82) is 0 Å². The molecule has 2 aromatic carbocycles. The largest absolute Gasteiger partial charge is 0.278 e. The molecule has 0 saturated carbocycles. The van der Waals surface area contributed by atoms with Gasteiger partial charge in [0.25, 0.3) is 0 Å². The van der Waals surface area contributed by atoms with E-state index in [9.17, 15) is 0 Å². The molecule has 0 saturated heterocycles. The normalized spacial score (nSPS) is 16.2. The molecule has 0 aliphatic carbocycles. The van der Waals surface area contributed by atoms with Gasteiger partial charge in [0.05, 0.1) is 22.3 Å². The van der Waals surface area contributed by atoms with Gasteiger partial charge in [0, 0.05) is 23.5 Å². The second-order valence-electron chi connectivity index (χ2n) is 6.37. The molecule has 1 aromatic heterocycles. The van der Waals surface area contributed by atoms with Gasteiger partial charge in [0.2, 0.25) is 0 Å². The Kier molecular flexibility index (Phi) is 2.83. The number of rotatable bonds is 1. The van der Waals surface area contributed by atoms with Gasteiger partial charge in [0.1, 0.15) is 0 Å². The molecule has 4 rings (SSSR count). The molecule has 0 amide bonds. The van der Waals surface area contributed by atoms with Crippen LogP contribution in [-0.2, 0) is 6.42 Å². The maximum atomic E-state index is 5.00. The van der Waals surface area contributed by atoms with E-state index in [0.717, 1.165) is 28.7 Å². The van der Waals surface area contributed by atoms with Crippen molar-refractivity contribution in [2.75, 3.05) is 0 Å². The van der Waals surface area contributed by atoms with Gasteiger partial charge in [-0.1, -0.05) is 30.3 Å². The van der Waals surface area contributed by atoms with E-state index in [1.807, 2.05) is 6.07 Å². The molecule has 2 heterocycles. The third-order valence-corrected chi connectivity index (χ3v) is 4.05. The van der Waals surface area contributed by atoms with E-state index in [4.69, 9.17) is 4.99 Å². The number of hydrogen-bond acceptors (Lipinski definition) is 3. The van der Waals surface area contributed by atoms with Crippen molar-refractivity contribution in [3.8, 4) is 0 Å². The molecule has 0 radical (unpaired) electrons. The minimum atomic E-state index is -0.0823. The van der Waals surface area contributed by atoms with Crippen LogP contribution in [0.5, 0.6) is 0 Å². The molecule has 0 bridgehead atoms. The Morgan fingerprint density at radius 2 is 1.68 bits per heavy atom. The first-order chi connectivity index (χ1) is 10.6. The second kappa shape index (κ2) is 4.73. The molecular weight excluding hydrogens is 270 g/mol. The number of aromatic nitrogens is 2. The van der Waals surface area contributed by atoms with Crippen LogP contribution in [0.1, 0.15) is 30.5 Å². The van der Waals surface area contributed by atoms with Crippen LogP contribution in [0.4, 0.5) is 0 Å². The van der Waals surface area contributed by atoms with Gasteiger partial charge >= 0.3 is 0 Å². The maximum Gasteiger partial charge on any atom is 0.0893 e. The lowest BCUT2D eigenvalue weighted by Gasteiger charge is -2.29. The molecular formula is C19H17N3. The van der Waals surface area contributed by atoms with Crippen molar-refractivity contribution in [2.24, 2.45) is 4.99 Å². The summed E-state index contributed by atoms with van der Waals surface area (Å²) in [5.41, 5.74) is 6.48. The van der Waals surface area contributed by atoms with Crippen molar-refractivity contribution in [1.82, 2.24) is 9.97 Å². The lowest BCUT2D eigenvalue weighted by Crippen LogP contribution is -2.29. The number of aliphatic imine (C=N–C) groups is 1. The summed E-state index contributed by atoms with van der Waals surface area (Å²) >= 11 is 0. The number of hydrogen-bond donors (Lipinski definition) is 0. The Morgan fingerprint density at radius 3 is 2.55 bits per heavy atom. The predicted octanol–water partition coefficient (Wildman–Crippen LogP) is 3.80. The van der Waals surface area contributed by atoms with E-state index in [0.29, 0.717) is 0 Å². The monoisotopic (exact) mass is 287 g/mol. The van der Waals surface area contributed by atoms with E-state index in [1.165, 1.54) is 11.1 Å². The zero-order valence-corrected chi connectivity index (χ0v) is 12.7. The van der Waals surface area contributed by atoms with Gasteiger partial charge in [-0.3, -0.25) is 15.0 Å². The molecule has 22 heavy (non-hydrogen) atoms. The van der Waals surface area contributed by atoms with Crippen LogP contribution >= 0.6 is 0 Å². The fraction of sp³-hybridized carbons (Fsp3) is 0.211. The van der Waals surface area contributed by atoms with Crippen molar-refractivity contribution >= 4 is 16.7 Å². The third kappa shape index (κ3) is 2.19. The van der Waals surface area contributed by atoms with Crippen LogP contribution in [0.15, 0.2) is 59.9 Å². The third-order valence-electron chi connectivity index (χ3n) is 4.05. The molecule has 3 nitrogen and oxygen atoms in total. The van der Waals surface area contributed by atoms with Gasteiger partial charge in [-0.15, -0.1) is 0 Å². The molecule has 3 heteroatoms. The van der Waals surface area contributed by atoms with E-state index in [-0.39, 0.29) is 5.54 Å². The minimum Gasteiger partial charge on any atom is -0.278 e. The van der Waals surface area contributed by atoms with Gasteiger partial charge < -0.3 is 0 Å². The number of fused-ring (bicyclic) bond motifs is 2. The van der Waals surface area contributed by atoms with Gasteiger partial charge in [-0.2, -0.15) is 0 Å². The maximum absolute atomic E-state index is 5.00. The van der Waals surface area contributed by atoms with Crippen molar-refractivity contribution in [2.45, 2.75) is 25.8 Å². The number of nitrogens with zero attached hydrogens (tertiary/aromatic N) is 3. The molecule has 0 N–H and O–H groups in total. The van der Waals surface area contributed by atoms with Crippen LogP contribution in [0.3, 0.4) is 0 Å². The van der Waals surface area contributed by atoms with E-state index in [1.54, 1.807) is 12.4 Å². The van der Waals surface area contributed by atoms with Gasteiger partial charge in [-0.25, -0.2) is 0 Å². The summed E-state index contributed by atoms with van der Waals surface area (Å²) in [7, 11) is 0. The number of benzene rings is 2. The highest BCUT2D eigenvalue weighted by Crippen LogP contribution is 2.29. The first-order valence-electron chi connectivity index (χ1n) is 7.52. The molecule has 1 aliphatic heterocycles. The van der Waals surface area contributed by atoms with Gasteiger partial charge in [0.15, 0.2) is 0 Å². The quantitative estimate of drug-likeness (QED) is 0.682. The topological polar surface area (TPSA) is 38.1 Å². The van der Waals surface area contributed by atoms with Crippen molar-refractivity contribution in [3.63, 3.8) is 0 Å². The lowest BCUT2D eigenvalue weighted by atomic mass is 9.85. The predicted molar refractivity (Wildman–Crippen MR) is 89.4 cm³/mol. The average molecular weight is 287 g/mol. The fourth-order valence-corrected chi connectivity index (χ4v) is 3.10. The van der Waals surface area contributed by atoms with Crippen LogP contribution in [0.25, 0.3) is 11.0 Å². The Morgan fingerprint density at radius 1 is 0.909 bits per heavy atom. The van der Waals surface area contributed by atoms with E-state index in [2.05, 4.69) is 60.2 Å². The van der Waals surface area contributed by atoms with Crippen molar-refractivity contribution < 1.29 is 0 Å². The summed E-state index contributed by atoms with van der Waals surface area (Å²) in [6.07, 6.45) is 4.42. The minimum absolute atomic E-state index is 0.0823. The fourth-order valence-electron chi connectivity index (χ4n) is 3.10. The summed E-state index contributed by atoms with van der Waals surface area (Å²) in [5.74, 6) is 0. The Labute approximate surface area is 129 Å². The van der Waals surface area contributed by atoms with Crippen LogP contribution in [0.2, 0.25) is 0 Å². The smallest absolute Gasteiger partial charge is 0.0893 e. The lowest BCUT2D eigenvalue weighted by molar-refractivity contribution is 0.513. The molecule has 1 aliphatic rings. The summed E-state index contributed by atoms with van der Waals surface area (Å²) in [6, 6.07) is 14.7. The molecule has 0 fully saturated rings. The first-order valence-corrected chi connectivity index (χ1v) is 7.52. The molecule has 3 aromatic rings. The van der Waals surface area contributed by atoms with Crippen LogP contribution in [-0.4, -0.2) is 21.2 Å². The van der Waals surface area contributed by atoms with Gasteiger partial charge in [-0.05, 0) is 38.0 Å². The summed E-state index contributed by atoms with van der Waals surface area (Å²) in [5, 5.41) is 0. The first kappa shape index (κ1) is 13.1. The van der Waals surface area contributed by atoms with Crippen LogP contribution < -0.4 is 0 Å². The highest BCUT2D eigenvalue weighted by atomic mass is 14.9. The molecule has 0 spiro atoms. The Balaban J connectivity index is 1.93. The Hall–Kier alpha value is -2.55. The average Bonchev–Trinajstić information content (AvgIpc) is 2.53. The van der Waals surface area contributed by atoms with Crippen LogP contribution in [0, 0.1) is 0 Å². The zero-order valence-electron chi connectivity index (χ0n) is 12.7. The summed E-state index contributed by atoms with van der Waals surface area (Å²) < 4.78 is 0. The second-order valence-corrected chi connectivity index (χ2v) is 6.37. The zero-order chi connectivity index (χ0) is 15.2. The standard InChI is InChI=1S/C19H17N3/c1-19(2)12-14-5-3-4-6-15(14)18(22-19)13-7-8-16-17(11-13)21-10-9-20-16/h3-11H,12H2,1-2H3. The highest BCUT2D eigenvalue weighted by Gasteiger charge is 2.27. The molecule has 0 unspecified atom stereocenters. The van der Waals surface area contributed by atoms with E-state index < -0.39 is 0 Å². The molecule has 108 valence electrons. The van der Waals surface area contributed by atoms with E-state index >= 15 is 0 Å². The molecule has 0 atom stereocenters. The highest BCUT2D eigenvalue weighted by molar-refractivity contribution is 6.15. The Bertz CT molecular complexity index is 894. The summed E-state index contributed by atoms with van der Waals surface area (Å²) in [6.45, 7) is 4.37. The SMILES string of the molecule is CC1(C)Cc2ccccc2C(c2ccc3nccnc3c2)=N1. The summed E-state index contributed by atoms with van der Waals surface area (Å²) in [4.78, 5) is 13.8.